The molecule has 5 aromatic rings. The number of aromatic nitrogens is 1. The van der Waals surface area contributed by atoms with Crippen LogP contribution in [0.25, 0.3) is 22.5 Å². The summed E-state index contributed by atoms with van der Waals surface area (Å²) in [6, 6.07) is 32.7. The summed E-state index contributed by atoms with van der Waals surface area (Å²) in [5.41, 5.74) is 5.33. The Morgan fingerprint density at radius 2 is 1.56 bits per heavy atom. The van der Waals surface area contributed by atoms with Gasteiger partial charge in [-0.3, -0.25) is 14.5 Å². The van der Waals surface area contributed by atoms with E-state index < -0.39 is 0 Å². The van der Waals surface area contributed by atoms with Crippen LogP contribution in [0.5, 0.6) is 11.5 Å². The minimum atomic E-state index is -0.276. The van der Waals surface area contributed by atoms with Crippen molar-refractivity contribution >= 4 is 39.8 Å². The summed E-state index contributed by atoms with van der Waals surface area (Å²) in [6.07, 6.45) is 1.81. The lowest BCUT2D eigenvalue weighted by atomic mass is 10.0. The van der Waals surface area contributed by atoms with Crippen molar-refractivity contribution in [1.82, 2.24) is 9.47 Å². The lowest BCUT2D eigenvalue weighted by Gasteiger charge is -2.14. The van der Waals surface area contributed by atoms with Crippen LogP contribution in [0.1, 0.15) is 28.1 Å². The van der Waals surface area contributed by atoms with Gasteiger partial charge in [0.1, 0.15) is 11.5 Å². The fourth-order valence-electron chi connectivity index (χ4n) is 5.11. The van der Waals surface area contributed by atoms with Gasteiger partial charge in [0.15, 0.2) is 0 Å². The number of imide groups is 1. The average molecular weight is 556 g/mol. The molecule has 200 valence electrons. The molecule has 1 aliphatic heterocycles. The zero-order valence-corrected chi connectivity index (χ0v) is 23.3. The highest BCUT2D eigenvalue weighted by molar-refractivity contribution is 8.18. The van der Waals surface area contributed by atoms with Crippen molar-refractivity contribution in [1.29, 1.82) is 5.26 Å². The maximum absolute atomic E-state index is 13.3. The first-order chi connectivity index (χ1) is 19.9. The van der Waals surface area contributed by atoms with E-state index >= 15 is 0 Å². The Morgan fingerprint density at radius 3 is 2.29 bits per heavy atom. The van der Waals surface area contributed by atoms with Crippen LogP contribution in [0.3, 0.4) is 0 Å². The molecule has 0 bridgehead atoms. The molecule has 6 nitrogen and oxygen atoms in total. The molecule has 1 saturated heterocycles. The van der Waals surface area contributed by atoms with Crippen LogP contribution in [0.2, 0.25) is 0 Å². The summed E-state index contributed by atoms with van der Waals surface area (Å²) in [5, 5.41) is 10.8. The second-order valence-corrected chi connectivity index (χ2v) is 10.8. The monoisotopic (exact) mass is 555 g/mol. The maximum atomic E-state index is 13.3. The third-order valence-corrected chi connectivity index (χ3v) is 8.06. The van der Waals surface area contributed by atoms with E-state index in [4.69, 9.17) is 10.00 Å². The minimum absolute atomic E-state index is 0.235. The molecule has 6 rings (SSSR count). The fourth-order valence-corrected chi connectivity index (χ4v) is 5.94. The van der Waals surface area contributed by atoms with Crippen LogP contribution in [-0.2, 0) is 11.3 Å². The number of benzene rings is 4. The number of hydrogen-bond acceptors (Lipinski definition) is 5. The summed E-state index contributed by atoms with van der Waals surface area (Å²) >= 11 is 0.981. The Hall–Kier alpha value is -5.06. The van der Waals surface area contributed by atoms with E-state index in [1.54, 1.807) is 24.3 Å². The smallest absolute Gasteiger partial charge is 0.293 e. The van der Waals surface area contributed by atoms with Crippen LogP contribution in [0.15, 0.2) is 102 Å². The van der Waals surface area contributed by atoms with Crippen molar-refractivity contribution < 1.29 is 14.3 Å². The van der Waals surface area contributed by atoms with Crippen LogP contribution in [0, 0.1) is 25.2 Å². The molecule has 0 atom stereocenters. The van der Waals surface area contributed by atoms with Crippen LogP contribution in [-0.4, -0.2) is 20.6 Å². The minimum Gasteiger partial charge on any atom is -0.457 e. The summed E-state index contributed by atoms with van der Waals surface area (Å²) in [4.78, 5) is 28.0. The van der Waals surface area contributed by atoms with Crippen molar-refractivity contribution in [3.8, 4) is 23.3 Å². The molecule has 0 spiro atoms. The van der Waals surface area contributed by atoms with E-state index in [1.165, 1.54) is 4.90 Å². The predicted molar refractivity (Wildman–Crippen MR) is 162 cm³/mol. The van der Waals surface area contributed by atoms with Gasteiger partial charge in [-0.2, -0.15) is 5.26 Å². The molecule has 0 radical (unpaired) electrons. The maximum Gasteiger partial charge on any atom is 0.293 e. The first kappa shape index (κ1) is 26.2. The lowest BCUT2D eigenvalue weighted by Crippen LogP contribution is -2.27. The van der Waals surface area contributed by atoms with Gasteiger partial charge in [0, 0.05) is 17.1 Å². The van der Waals surface area contributed by atoms with Gasteiger partial charge >= 0.3 is 0 Å². The fraction of sp³-hybridized carbons (Fsp3) is 0.0882. The number of nitriles is 1. The summed E-state index contributed by atoms with van der Waals surface area (Å²) in [5.74, 6) is 1.06. The number of ether oxygens (including phenoxy) is 1. The van der Waals surface area contributed by atoms with E-state index in [2.05, 4.69) is 10.6 Å². The normalized spacial score (nSPS) is 14.2. The quantitative estimate of drug-likeness (QED) is 0.198. The number of carbonyl (C=O) groups excluding carboxylic acids is 2. The SMILES string of the molecule is Cc1cc(/C=C2\SC(=O)N(Cc3cccc4ccccc34)C2=O)c(C)n1-c1ccc(Oc2ccc(C#N)cc2)cc1. The van der Waals surface area contributed by atoms with E-state index in [0.717, 1.165) is 50.7 Å². The summed E-state index contributed by atoms with van der Waals surface area (Å²) in [7, 11) is 0. The molecule has 41 heavy (non-hydrogen) atoms. The van der Waals surface area contributed by atoms with Gasteiger partial charge in [-0.1, -0.05) is 42.5 Å². The molecule has 0 aliphatic carbocycles. The third kappa shape index (κ3) is 5.13. The highest BCUT2D eigenvalue weighted by Gasteiger charge is 2.35. The number of hydrogen-bond donors (Lipinski definition) is 0. The molecule has 1 fully saturated rings. The molecule has 0 unspecified atom stereocenters. The van der Waals surface area contributed by atoms with Crippen LogP contribution in [0.4, 0.5) is 4.79 Å². The molecule has 0 saturated carbocycles. The first-order valence-corrected chi connectivity index (χ1v) is 13.9. The van der Waals surface area contributed by atoms with Gasteiger partial charge < -0.3 is 9.30 Å². The molecule has 2 heterocycles. The number of thioether (sulfide) groups is 1. The number of amides is 2. The number of fused-ring (bicyclic) bond motifs is 1. The molecular formula is C34H25N3O3S. The van der Waals surface area contributed by atoms with Gasteiger partial charge in [0.2, 0.25) is 0 Å². The van der Waals surface area contributed by atoms with Gasteiger partial charge in [0.05, 0.1) is 23.1 Å². The second-order valence-electron chi connectivity index (χ2n) is 9.80. The predicted octanol–water partition coefficient (Wildman–Crippen LogP) is 8.15. The Bertz CT molecular complexity index is 1870. The largest absolute Gasteiger partial charge is 0.457 e. The van der Waals surface area contributed by atoms with E-state index in [0.29, 0.717) is 22.0 Å². The van der Waals surface area contributed by atoms with E-state index in [9.17, 15) is 9.59 Å². The van der Waals surface area contributed by atoms with Gasteiger partial charge in [-0.15, -0.1) is 0 Å². The van der Waals surface area contributed by atoms with Crippen molar-refractivity contribution in [2.24, 2.45) is 0 Å². The number of rotatable bonds is 6. The number of carbonyl (C=O) groups is 2. The Morgan fingerprint density at radius 1 is 0.878 bits per heavy atom. The van der Waals surface area contributed by atoms with Crippen LogP contribution < -0.4 is 4.74 Å². The van der Waals surface area contributed by atoms with Crippen molar-refractivity contribution in [3.63, 3.8) is 0 Å². The van der Waals surface area contributed by atoms with Gasteiger partial charge in [-0.25, -0.2) is 0 Å². The number of aryl methyl sites for hydroxylation is 1. The zero-order chi connectivity index (χ0) is 28.5. The zero-order valence-electron chi connectivity index (χ0n) is 22.5. The Kier molecular flexibility index (Phi) is 6.92. The Balaban J connectivity index is 1.22. The standard InChI is InChI=1S/C34H25N3O3S/c1-22-18-27(23(2)37(22)28-12-16-30(17-13-28)40-29-14-10-24(20-35)11-15-29)19-32-33(38)36(34(39)41-32)21-26-8-5-7-25-6-3-4-9-31(25)26/h3-19H,21H2,1-2H3/b32-19-. The van der Waals surface area contributed by atoms with Gasteiger partial charge in [0.25, 0.3) is 11.1 Å². The number of nitrogens with zero attached hydrogens (tertiary/aromatic N) is 3. The summed E-state index contributed by atoms with van der Waals surface area (Å²) in [6.45, 7) is 4.25. The van der Waals surface area contributed by atoms with Gasteiger partial charge in [-0.05, 0) is 108 Å². The second kappa shape index (κ2) is 10.8. The average Bonchev–Trinajstić information content (AvgIpc) is 3.42. The van der Waals surface area contributed by atoms with Crippen molar-refractivity contribution in [2.75, 3.05) is 0 Å². The molecule has 7 heteroatoms. The highest BCUT2D eigenvalue weighted by atomic mass is 32.2. The van der Waals surface area contributed by atoms with E-state index in [-0.39, 0.29) is 17.7 Å². The Labute approximate surface area is 242 Å². The third-order valence-electron chi connectivity index (χ3n) is 7.15. The summed E-state index contributed by atoms with van der Waals surface area (Å²) < 4.78 is 8.03. The van der Waals surface area contributed by atoms with Crippen molar-refractivity contribution in [2.45, 2.75) is 20.4 Å². The van der Waals surface area contributed by atoms with Crippen LogP contribution >= 0.6 is 11.8 Å². The molecule has 1 aliphatic rings. The molecule has 0 N–H and O–H groups in total. The highest BCUT2D eigenvalue weighted by Crippen LogP contribution is 2.35. The van der Waals surface area contributed by atoms with E-state index in [1.807, 2.05) is 92.7 Å². The molecule has 1 aromatic heterocycles. The molecular weight excluding hydrogens is 530 g/mol. The molecule has 2 amide bonds. The molecule has 4 aromatic carbocycles. The topological polar surface area (TPSA) is 75.3 Å². The lowest BCUT2D eigenvalue weighted by molar-refractivity contribution is -0.123. The first-order valence-electron chi connectivity index (χ1n) is 13.1. The van der Waals surface area contributed by atoms with Crippen molar-refractivity contribution in [3.05, 3.63) is 130 Å².